The number of hydrogen-bond acceptors (Lipinski definition) is 2. The third kappa shape index (κ3) is 1.40. The van der Waals surface area contributed by atoms with Gasteiger partial charge in [-0.05, 0) is 36.5 Å². The van der Waals surface area contributed by atoms with E-state index in [1.807, 2.05) is 0 Å². The molecule has 1 heterocycles. The number of nitrogens with two attached hydrogens (primary N) is 1. The molecule has 0 aliphatic heterocycles. The third-order valence-corrected chi connectivity index (χ3v) is 2.97. The Balaban J connectivity index is 2.06. The second kappa shape index (κ2) is 3.12. The Morgan fingerprint density at radius 2 is 2.07 bits per heavy atom. The number of aromatic amines is 1. The van der Waals surface area contributed by atoms with Crippen LogP contribution in [0.4, 0.5) is 5.82 Å². The number of hydrogen-bond donors (Lipinski definition) is 2. The second-order valence-electron chi connectivity index (χ2n) is 4.02. The van der Waals surface area contributed by atoms with Crippen molar-refractivity contribution in [1.82, 2.24) is 9.97 Å². The minimum atomic E-state index is 0.616. The Morgan fingerprint density at radius 3 is 2.87 bits per heavy atom. The zero-order chi connectivity index (χ0) is 10.3. The minimum Gasteiger partial charge on any atom is -0.384 e. The van der Waals surface area contributed by atoms with E-state index in [-0.39, 0.29) is 0 Å². The summed E-state index contributed by atoms with van der Waals surface area (Å²) in [6, 6.07) is 6.54. The molecule has 1 aliphatic rings. The van der Waals surface area contributed by atoms with Gasteiger partial charge in [-0.25, -0.2) is 4.98 Å². The Hall–Kier alpha value is -1.77. The van der Waals surface area contributed by atoms with Gasteiger partial charge in [0.25, 0.3) is 0 Å². The Bertz CT molecular complexity index is 499. The largest absolute Gasteiger partial charge is 0.384 e. The Labute approximate surface area is 88.3 Å². The van der Waals surface area contributed by atoms with Gasteiger partial charge in [-0.15, -0.1) is 0 Å². The van der Waals surface area contributed by atoms with E-state index in [1.54, 1.807) is 6.20 Å². The molecule has 0 saturated heterocycles. The molecule has 3 N–H and O–H groups in total. The summed E-state index contributed by atoms with van der Waals surface area (Å²) in [7, 11) is 0. The Morgan fingerprint density at radius 1 is 1.20 bits per heavy atom. The first-order valence-corrected chi connectivity index (χ1v) is 5.25. The smallest absolute Gasteiger partial charge is 0.138 e. The zero-order valence-electron chi connectivity index (χ0n) is 8.46. The van der Waals surface area contributed by atoms with Gasteiger partial charge in [0, 0.05) is 5.56 Å². The first-order valence-electron chi connectivity index (χ1n) is 5.25. The highest BCUT2D eigenvalue weighted by molar-refractivity contribution is 5.59. The van der Waals surface area contributed by atoms with Crippen LogP contribution in [0, 0.1) is 0 Å². The number of nitrogen functional groups attached to an aromatic ring is 1. The molecular weight excluding hydrogens is 186 g/mol. The molecule has 76 valence electrons. The van der Waals surface area contributed by atoms with Crippen molar-refractivity contribution < 1.29 is 0 Å². The van der Waals surface area contributed by atoms with Crippen LogP contribution in [0.3, 0.4) is 0 Å². The summed E-state index contributed by atoms with van der Waals surface area (Å²) in [5.74, 6) is 1.48. The molecule has 0 radical (unpaired) electrons. The summed E-state index contributed by atoms with van der Waals surface area (Å²) in [6.07, 6.45) is 5.34. The van der Waals surface area contributed by atoms with Crippen molar-refractivity contribution in [3.8, 4) is 11.4 Å². The Kier molecular flexibility index (Phi) is 1.78. The number of anilines is 1. The van der Waals surface area contributed by atoms with Gasteiger partial charge in [0.2, 0.25) is 0 Å². The van der Waals surface area contributed by atoms with Crippen LogP contribution < -0.4 is 5.73 Å². The maximum Gasteiger partial charge on any atom is 0.138 e. The van der Waals surface area contributed by atoms with Crippen LogP contribution in [-0.4, -0.2) is 9.97 Å². The van der Waals surface area contributed by atoms with E-state index in [0.29, 0.717) is 5.82 Å². The predicted molar refractivity (Wildman–Crippen MR) is 60.5 cm³/mol. The maximum absolute atomic E-state index is 5.61. The van der Waals surface area contributed by atoms with Crippen LogP contribution in [0.2, 0.25) is 0 Å². The molecular formula is C12H13N3. The van der Waals surface area contributed by atoms with Crippen LogP contribution >= 0.6 is 0 Å². The predicted octanol–water partition coefficient (Wildman–Crippen LogP) is 2.15. The maximum atomic E-state index is 5.61. The molecule has 0 atom stereocenters. The van der Waals surface area contributed by atoms with Gasteiger partial charge in [0.05, 0.1) is 6.20 Å². The van der Waals surface area contributed by atoms with E-state index < -0.39 is 0 Å². The highest BCUT2D eigenvalue weighted by atomic mass is 15.0. The number of fused-ring (bicyclic) bond motifs is 1. The molecule has 0 unspecified atom stereocenters. The van der Waals surface area contributed by atoms with Crippen LogP contribution in [0.15, 0.2) is 24.4 Å². The van der Waals surface area contributed by atoms with Crippen molar-refractivity contribution in [2.75, 3.05) is 5.73 Å². The second-order valence-corrected chi connectivity index (χ2v) is 4.02. The summed E-state index contributed by atoms with van der Waals surface area (Å²) >= 11 is 0. The molecule has 3 heteroatoms. The van der Waals surface area contributed by atoms with E-state index >= 15 is 0 Å². The van der Waals surface area contributed by atoms with Gasteiger partial charge in [-0.2, -0.15) is 0 Å². The summed E-state index contributed by atoms with van der Waals surface area (Å²) in [6.45, 7) is 0. The van der Waals surface area contributed by atoms with Crippen molar-refractivity contribution in [2.45, 2.75) is 19.3 Å². The molecule has 1 aliphatic carbocycles. The normalized spacial score (nSPS) is 14.1. The molecule has 0 saturated carbocycles. The molecule has 15 heavy (non-hydrogen) atoms. The number of imidazole rings is 1. The summed E-state index contributed by atoms with van der Waals surface area (Å²) in [4.78, 5) is 7.28. The molecule has 1 aromatic carbocycles. The van der Waals surface area contributed by atoms with E-state index in [4.69, 9.17) is 5.73 Å². The van der Waals surface area contributed by atoms with Crippen LogP contribution in [0.5, 0.6) is 0 Å². The average Bonchev–Trinajstić information content (AvgIpc) is 2.84. The van der Waals surface area contributed by atoms with Gasteiger partial charge < -0.3 is 10.7 Å². The molecule has 3 rings (SSSR count). The number of nitrogens with zero attached hydrogens (tertiary/aromatic N) is 1. The molecule has 0 bridgehead atoms. The fraction of sp³-hybridized carbons (Fsp3) is 0.250. The first-order chi connectivity index (χ1) is 7.33. The van der Waals surface area contributed by atoms with Crippen LogP contribution in [0.25, 0.3) is 11.4 Å². The number of benzene rings is 1. The van der Waals surface area contributed by atoms with Gasteiger partial charge in [-0.3, -0.25) is 0 Å². The topological polar surface area (TPSA) is 54.7 Å². The average molecular weight is 199 g/mol. The van der Waals surface area contributed by atoms with Crippen molar-refractivity contribution in [1.29, 1.82) is 0 Å². The molecule has 0 spiro atoms. The fourth-order valence-corrected chi connectivity index (χ4v) is 2.20. The first kappa shape index (κ1) is 8.53. The van der Waals surface area contributed by atoms with Crippen LogP contribution in [-0.2, 0) is 12.8 Å². The minimum absolute atomic E-state index is 0.616. The van der Waals surface area contributed by atoms with Gasteiger partial charge in [0.1, 0.15) is 11.6 Å². The highest BCUT2D eigenvalue weighted by Crippen LogP contribution is 2.26. The summed E-state index contributed by atoms with van der Waals surface area (Å²) in [5.41, 5.74) is 9.69. The lowest BCUT2D eigenvalue weighted by Gasteiger charge is -2.01. The highest BCUT2D eigenvalue weighted by Gasteiger charge is 2.12. The number of H-pyrrole nitrogens is 1. The summed E-state index contributed by atoms with van der Waals surface area (Å²) < 4.78 is 0. The van der Waals surface area contributed by atoms with Crippen molar-refractivity contribution in [2.24, 2.45) is 0 Å². The molecule has 3 nitrogen and oxygen atoms in total. The number of aromatic nitrogens is 2. The van der Waals surface area contributed by atoms with E-state index in [2.05, 4.69) is 28.2 Å². The van der Waals surface area contributed by atoms with Crippen LogP contribution in [0.1, 0.15) is 17.5 Å². The lowest BCUT2D eigenvalue weighted by molar-refractivity contribution is 0.912. The van der Waals surface area contributed by atoms with Gasteiger partial charge in [-0.1, -0.05) is 12.1 Å². The monoisotopic (exact) mass is 199 g/mol. The quantitative estimate of drug-likeness (QED) is 0.739. The third-order valence-electron chi connectivity index (χ3n) is 2.97. The number of aryl methyl sites for hydroxylation is 2. The van der Waals surface area contributed by atoms with Gasteiger partial charge in [0.15, 0.2) is 0 Å². The van der Waals surface area contributed by atoms with E-state index in [1.165, 1.54) is 30.4 Å². The molecule has 0 amide bonds. The van der Waals surface area contributed by atoms with Crippen molar-refractivity contribution in [3.05, 3.63) is 35.5 Å². The van der Waals surface area contributed by atoms with E-state index in [9.17, 15) is 0 Å². The molecule has 2 aromatic rings. The van der Waals surface area contributed by atoms with Gasteiger partial charge >= 0.3 is 0 Å². The van der Waals surface area contributed by atoms with E-state index in [0.717, 1.165) is 11.4 Å². The van der Waals surface area contributed by atoms with Crippen molar-refractivity contribution in [3.63, 3.8) is 0 Å². The number of rotatable bonds is 1. The lowest BCUT2D eigenvalue weighted by atomic mass is 10.1. The van der Waals surface area contributed by atoms with Crippen molar-refractivity contribution >= 4 is 5.82 Å². The lowest BCUT2D eigenvalue weighted by Crippen LogP contribution is -1.87. The molecule has 0 fully saturated rings. The standard InChI is InChI=1S/C12H13N3/c13-11-7-14-12(15-11)10-5-4-8-2-1-3-9(8)6-10/h4-7H,1-3,13H2,(H,14,15). The SMILES string of the molecule is Nc1cnc(-c2ccc3c(c2)CCC3)[nH]1. The molecule has 1 aromatic heterocycles. The zero-order valence-corrected chi connectivity index (χ0v) is 8.46. The fourth-order valence-electron chi connectivity index (χ4n) is 2.20. The summed E-state index contributed by atoms with van der Waals surface area (Å²) in [5, 5.41) is 0. The number of nitrogens with one attached hydrogen (secondary N) is 1.